The van der Waals surface area contributed by atoms with E-state index in [4.69, 9.17) is 0 Å². The van der Waals surface area contributed by atoms with Gasteiger partial charge in [0.25, 0.3) is 0 Å². The van der Waals surface area contributed by atoms with E-state index in [0.29, 0.717) is 0 Å². The van der Waals surface area contributed by atoms with Crippen LogP contribution in [0, 0.1) is 0 Å². The molecule has 0 bridgehead atoms. The van der Waals surface area contributed by atoms with Gasteiger partial charge in [-0.3, -0.25) is 0 Å². The molecule has 0 fully saturated rings. The molecule has 0 aromatic rings. The fourth-order valence-electron chi connectivity index (χ4n) is 1.92. The minimum absolute atomic E-state index is 1.08. The van der Waals surface area contributed by atoms with E-state index in [1.165, 1.54) is 36.1 Å². The van der Waals surface area contributed by atoms with Crippen LogP contribution >= 0.6 is 0 Å². The molecule has 2 rings (SSSR count). The molecule has 0 saturated heterocycles. The van der Waals surface area contributed by atoms with Gasteiger partial charge in [0.1, 0.15) is 0 Å². The van der Waals surface area contributed by atoms with Crippen LogP contribution in [0.5, 0.6) is 0 Å². The summed E-state index contributed by atoms with van der Waals surface area (Å²) in [5, 5.41) is 3.48. The van der Waals surface area contributed by atoms with Gasteiger partial charge in [-0.1, -0.05) is 50.1 Å². The number of anilines is 1. The minimum atomic E-state index is 1.08. The molecular formula is C15H19N. The van der Waals surface area contributed by atoms with Crippen molar-refractivity contribution >= 4 is 5.69 Å². The molecule has 0 atom stereocenters. The lowest BCUT2D eigenvalue weighted by atomic mass is 10.2. The highest BCUT2D eigenvalue weighted by atomic mass is 14.9. The fourth-order valence-corrected chi connectivity index (χ4v) is 1.92. The largest absolute Gasteiger partial charge is 0.385 e. The number of unbranched alkanes of at least 4 members (excludes halogenated alkanes) is 2. The van der Waals surface area contributed by atoms with Gasteiger partial charge in [-0.15, -0.1) is 0 Å². The van der Waals surface area contributed by atoms with Gasteiger partial charge in [0, 0.05) is 12.2 Å². The van der Waals surface area contributed by atoms with Crippen molar-refractivity contribution in [2.75, 3.05) is 11.9 Å². The van der Waals surface area contributed by atoms with Gasteiger partial charge >= 0.3 is 0 Å². The first-order valence-electron chi connectivity index (χ1n) is 6.13. The molecule has 0 amide bonds. The number of nitrogens with one attached hydrogen (secondary N) is 1. The molecule has 16 heavy (non-hydrogen) atoms. The Labute approximate surface area is 97.8 Å². The summed E-state index contributed by atoms with van der Waals surface area (Å²) >= 11 is 0. The van der Waals surface area contributed by atoms with Gasteiger partial charge in [-0.05, 0) is 29.7 Å². The first-order chi connectivity index (χ1) is 7.90. The lowest BCUT2D eigenvalue weighted by Gasteiger charge is -2.01. The molecule has 1 heteroatoms. The Hall–Kier alpha value is -1.50. The van der Waals surface area contributed by atoms with Crippen molar-refractivity contribution in [2.45, 2.75) is 26.2 Å². The van der Waals surface area contributed by atoms with Crippen LogP contribution in [0.25, 0.3) is 11.1 Å². The Morgan fingerprint density at radius 2 is 1.62 bits per heavy atom. The van der Waals surface area contributed by atoms with Crippen LogP contribution < -0.4 is 5.32 Å². The van der Waals surface area contributed by atoms with Crippen LogP contribution in [-0.2, 0) is 0 Å². The third-order valence-electron chi connectivity index (χ3n) is 2.84. The summed E-state index contributed by atoms with van der Waals surface area (Å²) in [4.78, 5) is 0. The third kappa shape index (κ3) is 2.75. The number of fused-ring (bicyclic) bond motifs is 1. The smallest absolute Gasteiger partial charge is 0.0352 e. The zero-order chi connectivity index (χ0) is 11.2. The monoisotopic (exact) mass is 213 g/mol. The summed E-state index contributed by atoms with van der Waals surface area (Å²) in [5.41, 5.74) is 3.86. The Balaban J connectivity index is 2.01. The molecule has 2 aliphatic carbocycles. The maximum Gasteiger partial charge on any atom is 0.0352 e. The van der Waals surface area contributed by atoms with Crippen LogP contribution in [0.15, 0.2) is 42.5 Å². The molecular weight excluding hydrogens is 194 g/mol. The van der Waals surface area contributed by atoms with Crippen molar-refractivity contribution in [3.8, 4) is 11.1 Å². The number of hydrogen-bond donors (Lipinski definition) is 1. The summed E-state index contributed by atoms with van der Waals surface area (Å²) in [6.07, 6.45) is 3.84. The lowest BCUT2D eigenvalue weighted by Crippen LogP contribution is -1.99. The van der Waals surface area contributed by atoms with Crippen LogP contribution in [-0.4, -0.2) is 6.54 Å². The van der Waals surface area contributed by atoms with Crippen LogP contribution in [0.4, 0.5) is 5.69 Å². The van der Waals surface area contributed by atoms with Crippen molar-refractivity contribution < 1.29 is 0 Å². The van der Waals surface area contributed by atoms with Crippen LogP contribution in [0.1, 0.15) is 26.2 Å². The molecule has 84 valence electrons. The minimum Gasteiger partial charge on any atom is -0.385 e. The topological polar surface area (TPSA) is 12.0 Å². The molecule has 0 aromatic carbocycles. The Morgan fingerprint density at radius 3 is 2.25 bits per heavy atom. The summed E-state index contributed by atoms with van der Waals surface area (Å²) in [7, 11) is 0. The van der Waals surface area contributed by atoms with Gasteiger partial charge < -0.3 is 5.32 Å². The van der Waals surface area contributed by atoms with E-state index in [-0.39, 0.29) is 0 Å². The van der Waals surface area contributed by atoms with Gasteiger partial charge in [0.05, 0.1) is 0 Å². The van der Waals surface area contributed by atoms with E-state index in [2.05, 4.69) is 54.7 Å². The van der Waals surface area contributed by atoms with Crippen LogP contribution in [0.3, 0.4) is 0 Å². The maximum absolute atomic E-state index is 3.48. The van der Waals surface area contributed by atoms with Gasteiger partial charge in [-0.2, -0.15) is 0 Å². The van der Waals surface area contributed by atoms with Gasteiger partial charge in [-0.25, -0.2) is 0 Å². The van der Waals surface area contributed by atoms with Gasteiger partial charge in [0.2, 0.25) is 0 Å². The summed E-state index contributed by atoms with van der Waals surface area (Å²) in [5.74, 6) is 0. The second-order valence-corrected chi connectivity index (χ2v) is 4.20. The summed E-state index contributed by atoms with van der Waals surface area (Å²) in [6.45, 7) is 3.31. The fraction of sp³-hybridized carbons (Fsp3) is 0.333. The van der Waals surface area contributed by atoms with Gasteiger partial charge in [0.15, 0.2) is 0 Å². The average Bonchev–Trinajstić information content (AvgIpc) is 2.55. The standard InChI is InChI=1S/C15H19N/c1-2-3-7-10-16-15-11-13-8-5-4-6-9-14(13)12-15/h4-6,8-9,11-12,16H,2-3,7,10H2,1H3. The third-order valence-corrected chi connectivity index (χ3v) is 2.84. The molecule has 0 spiro atoms. The normalized spacial score (nSPS) is 10.6. The summed E-state index contributed by atoms with van der Waals surface area (Å²) < 4.78 is 0. The van der Waals surface area contributed by atoms with E-state index in [0.717, 1.165) is 6.54 Å². The molecule has 1 nitrogen and oxygen atoms in total. The predicted octanol–water partition coefficient (Wildman–Crippen LogP) is 4.39. The molecule has 0 radical (unpaired) electrons. The van der Waals surface area contributed by atoms with E-state index in [1.54, 1.807) is 0 Å². The van der Waals surface area contributed by atoms with E-state index in [1.807, 2.05) is 0 Å². The maximum atomic E-state index is 3.48. The number of hydrogen-bond acceptors (Lipinski definition) is 1. The average molecular weight is 213 g/mol. The first-order valence-corrected chi connectivity index (χ1v) is 6.13. The SMILES string of the molecule is CCCCCNc1cc2cccccc-2c1. The highest BCUT2D eigenvalue weighted by Gasteiger charge is 2.03. The predicted molar refractivity (Wildman–Crippen MR) is 71.1 cm³/mol. The Morgan fingerprint density at radius 1 is 0.938 bits per heavy atom. The van der Waals surface area contributed by atoms with Crippen molar-refractivity contribution in [3.05, 3.63) is 42.5 Å². The molecule has 0 aromatic heterocycles. The van der Waals surface area contributed by atoms with Crippen molar-refractivity contribution in [1.29, 1.82) is 0 Å². The second kappa shape index (κ2) is 5.55. The molecule has 0 heterocycles. The second-order valence-electron chi connectivity index (χ2n) is 4.20. The van der Waals surface area contributed by atoms with Crippen molar-refractivity contribution in [3.63, 3.8) is 0 Å². The molecule has 0 aliphatic heterocycles. The van der Waals surface area contributed by atoms with Crippen LogP contribution in [0.2, 0.25) is 0 Å². The quantitative estimate of drug-likeness (QED) is 0.726. The highest BCUT2D eigenvalue weighted by molar-refractivity contribution is 5.74. The van der Waals surface area contributed by atoms with Crippen molar-refractivity contribution in [1.82, 2.24) is 0 Å². The molecule has 1 N–H and O–H groups in total. The first kappa shape index (κ1) is 11.0. The lowest BCUT2D eigenvalue weighted by molar-refractivity contribution is 0.744. The molecule has 2 aliphatic rings. The number of rotatable bonds is 5. The van der Waals surface area contributed by atoms with E-state index in [9.17, 15) is 0 Å². The van der Waals surface area contributed by atoms with E-state index < -0.39 is 0 Å². The Bertz CT molecular complexity index is 378. The summed E-state index contributed by atoms with van der Waals surface area (Å²) in [6, 6.07) is 15.0. The zero-order valence-corrected chi connectivity index (χ0v) is 9.87. The zero-order valence-electron chi connectivity index (χ0n) is 9.87. The van der Waals surface area contributed by atoms with E-state index >= 15 is 0 Å². The molecule has 0 unspecified atom stereocenters. The highest BCUT2D eigenvalue weighted by Crippen LogP contribution is 2.27. The molecule has 0 saturated carbocycles. The Kier molecular flexibility index (Phi) is 3.81. The van der Waals surface area contributed by atoms with Crippen molar-refractivity contribution in [2.24, 2.45) is 0 Å².